The molecular formula is C5H2N4O3. The van der Waals surface area contributed by atoms with Gasteiger partial charge in [0.25, 0.3) is 11.8 Å². The molecule has 0 aromatic carbocycles. The van der Waals surface area contributed by atoms with Crippen LogP contribution in [0.2, 0.25) is 0 Å². The summed E-state index contributed by atoms with van der Waals surface area (Å²) in [6.07, 6.45) is 1.85. The van der Waals surface area contributed by atoms with Crippen molar-refractivity contribution < 1.29 is 14.4 Å². The van der Waals surface area contributed by atoms with E-state index in [1.54, 1.807) is 0 Å². The van der Waals surface area contributed by atoms with Crippen molar-refractivity contribution in [2.45, 2.75) is 0 Å². The molecule has 0 atom stereocenters. The van der Waals surface area contributed by atoms with E-state index in [2.05, 4.69) is 10.0 Å². The van der Waals surface area contributed by atoms with E-state index in [4.69, 9.17) is 5.53 Å². The van der Waals surface area contributed by atoms with Gasteiger partial charge in [0.1, 0.15) is 0 Å². The number of carbonyl (C=O) groups is 3. The molecule has 0 N–H and O–H groups in total. The Hall–Kier alpha value is -2.14. The van der Waals surface area contributed by atoms with Crippen molar-refractivity contribution in [3.8, 4) is 0 Å². The lowest BCUT2D eigenvalue weighted by Crippen LogP contribution is -2.33. The van der Waals surface area contributed by atoms with Gasteiger partial charge in [-0.15, -0.1) is 0 Å². The number of hydrogen-bond acceptors (Lipinski definition) is 3. The molecule has 0 aliphatic carbocycles. The molecule has 60 valence electrons. The highest BCUT2D eigenvalue weighted by Crippen LogP contribution is 2.05. The first-order valence-corrected chi connectivity index (χ1v) is 2.82. The average molecular weight is 166 g/mol. The van der Waals surface area contributed by atoms with Crippen molar-refractivity contribution in [1.29, 1.82) is 0 Å². The van der Waals surface area contributed by atoms with Gasteiger partial charge in [-0.3, -0.25) is 14.4 Å². The number of rotatable bonds is 0. The Morgan fingerprint density at radius 1 is 1.42 bits per heavy atom. The van der Waals surface area contributed by atoms with Gasteiger partial charge in [-0.1, -0.05) is 0 Å². The summed E-state index contributed by atoms with van der Waals surface area (Å²) in [6.45, 7) is 0. The van der Waals surface area contributed by atoms with E-state index in [9.17, 15) is 14.4 Å². The van der Waals surface area contributed by atoms with Crippen molar-refractivity contribution in [2.24, 2.45) is 5.11 Å². The molecule has 0 aromatic heterocycles. The topological polar surface area (TPSA) is 103 Å². The van der Waals surface area contributed by atoms with Crippen LogP contribution in [0.1, 0.15) is 0 Å². The summed E-state index contributed by atoms with van der Waals surface area (Å²) in [5, 5.41) is 2.59. The second kappa shape index (κ2) is 2.85. The normalized spacial score (nSPS) is 14.8. The van der Waals surface area contributed by atoms with Crippen LogP contribution >= 0.6 is 0 Å². The summed E-state index contributed by atoms with van der Waals surface area (Å²) in [6, 6.07) is -1.21. The minimum absolute atomic E-state index is 0.250. The van der Waals surface area contributed by atoms with E-state index in [-0.39, 0.29) is 4.90 Å². The smallest absolute Gasteiger partial charge is 0.269 e. The molecule has 1 aliphatic rings. The Labute approximate surface area is 65.9 Å². The SMILES string of the molecule is [N-]=[N+]=NC(=O)N1C(=O)C=CC1=O. The third-order valence-electron chi connectivity index (χ3n) is 1.13. The third kappa shape index (κ3) is 1.16. The number of hydrogen-bond donors (Lipinski definition) is 0. The molecule has 0 bridgehead atoms. The first-order chi connectivity index (χ1) is 5.66. The van der Waals surface area contributed by atoms with E-state index < -0.39 is 17.8 Å². The Morgan fingerprint density at radius 3 is 2.33 bits per heavy atom. The van der Waals surface area contributed by atoms with E-state index in [0.717, 1.165) is 12.2 Å². The highest BCUT2D eigenvalue weighted by Gasteiger charge is 2.28. The number of amides is 4. The van der Waals surface area contributed by atoms with Crippen LogP contribution in [0.4, 0.5) is 4.79 Å². The standard InChI is InChI=1S/C5H2N4O3/c6-8-7-5(12)9-3(10)1-2-4(9)11/h1-2H. The van der Waals surface area contributed by atoms with E-state index in [1.165, 1.54) is 0 Å². The lowest BCUT2D eigenvalue weighted by atomic mass is 10.6. The number of nitrogens with zero attached hydrogens (tertiary/aromatic N) is 4. The van der Waals surface area contributed by atoms with E-state index in [1.807, 2.05) is 0 Å². The molecular weight excluding hydrogens is 164 g/mol. The molecule has 0 aromatic rings. The van der Waals surface area contributed by atoms with Crippen LogP contribution in [0.5, 0.6) is 0 Å². The molecule has 12 heavy (non-hydrogen) atoms. The molecule has 0 saturated heterocycles. The number of carbonyl (C=O) groups excluding carboxylic acids is 3. The second-order valence-electron chi connectivity index (χ2n) is 1.82. The van der Waals surface area contributed by atoms with E-state index in [0.29, 0.717) is 0 Å². The molecule has 1 aliphatic heterocycles. The maximum atomic E-state index is 10.7. The van der Waals surface area contributed by atoms with Crippen LogP contribution < -0.4 is 0 Å². The Bertz CT molecular complexity index is 321. The molecule has 0 unspecified atom stereocenters. The van der Waals surface area contributed by atoms with Crippen LogP contribution in [-0.4, -0.2) is 22.7 Å². The molecule has 0 saturated carbocycles. The monoisotopic (exact) mass is 166 g/mol. The van der Waals surface area contributed by atoms with Crippen molar-refractivity contribution in [2.75, 3.05) is 0 Å². The van der Waals surface area contributed by atoms with Gasteiger partial charge in [-0.05, 0) is 5.53 Å². The summed E-state index contributed by atoms with van der Waals surface area (Å²) in [5.41, 5.74) is 7.84. The highest BCUT2D eigenvalue weighted by atomic mass is 16.2. The Balaban J connectivity index is 2.90. The van der Waals surface area contributed by atoms with E-state index >= 15 is 0 Å². The maximum Gasteiger partial charge on any atom is 0.324 e. The van der Waals surface area contributed by atoms with Crippen molar-refractivity contribution >= 4 is 17.8 Å². The van der Waals surface area contributed by atoms with Crippen molar-refractivity contribution in [3.05, 3.63) is 22.6 Å². The number of imide groups is 3. The molecule has 7 heteroatoms. The molecule has 4 amide bonds. The lowest BCUT2D eigenvalue weighted by Gasteiger charge is -2.05. The molecule has 1 rings (SSSR count). The molecule has 0 radical (unpaired) electrons. The van der Waals surface area contributed by atoms with Crippen LogP contribution in [0.15, 0.2) is 17.3 Å². The van der Waals surface area contributed by atoms with Gasteiger partial charge in [0.15, 0.2) is 0 Å². The fourth-order valence-corrected chi connectivity index (χ4v) is 0.672. The van der Waals surface area contributed by atoms with Gasteiger partial charge in [-0.2, -0.15) is 0 Å². The lowest BCUT2D eigenvalue weighted by molar-refractivity contribution is -0.132. The minimum Gasteiger partial charge on any atom is -0.269 e. The van der Waals surface area contributed by atoms with Crippen molar-refractivity contribution in [3.63, 3.8) is 0 Å². The molecule has 0 fully saturated rings. The van der Waals surface area contributed by atoms with Gasteiger partial charge < -0.3 is 0 Å². The van der Waals surface area contributed by atoms with Crippen LogP contribution in [-0.2, 0) is 9.59 Å². The fraction of sp³-hybridized carbons (Fsp3) is 0. The average Bonchev–Trinajstić information content (AvgIpc) is 2.32. The van der Waals surface area contributed by atoms with Crippen LogP contribution in [0, 0.1) is 0 Å². The van der Waals surface area contributed by atoms with Gasteiger partial charge in [0.05, 0.1) is 0 Å². The quantitative estimate of drug-likeness (QED) is 0.224. The summed E-state index contributed by atoms with van der Waals surface area (Å²) < 4.78 is 0. The summed E-state index contributed by atoms with van der Waals surface area (Å²) in [5.74, 6) is -1.59. The Morgan fingerprint density at radius 2 is 1.92 bits per heavy atom. The predicted molar refractivity (Wildman–Crippen MR) is 35.5 cm³/mol. The first-order valence-electron chi connectivity index (χ1n) is 2.82. The number of azide groups is 1. The molecule has 7 nitrogen and oxygen atoms in total. The third-order valence-corrected chi connectivity index (χ3v) is 1.13. The second-order valence-corrected chi connectivity index (χ2v) is 1.82. The van der Waals surface area contributed by atoms with Gasteiger partial charge >= 0.3 is 6.03 Å². The first kappa shape index (κ1) is 7.96. The summed E-state index contributed by atoms with van der Waals surface area (Å²) in [7, 11) is 0. The zero-order valence-corrected chi connectivity index (χ0v) is 5.67. The van der Waals surface area contributed by atoms with Crippen LogP contribution in [0.25, 0.3) is 10.4 Å². The molecule has 1 heterocycles. The zero-order valence-electron chi connectivity index (χ0n) is 5.67. The van der Waals surface area contributed by atoms with Gasteiger partial charge in [-0.25, -0.2) is 4.90 Å². The fourth-order valence-electron chi connectivity index (χ4n) is 0.672. The zero-order chi connectivity index (χ0) is 9.14. The van der Waals surface area contributed by atoms with Crippen molar-refractivity contribution in [1.82, 2.24) is 4.90 Å². The molecule has 0 spiro atoms. The van der Waals surface area contributed by atoms with Crippen LogP contribution in [0.3, 0.4) is 0 Å². The van der Waals surface area contributed by atoms with Gasteiger partial charge in [0.2, 0.25) is 0 Å². The minimum atomic E-state index is -1.21. The highest BCUT2D eigenvalue weighted by molar-refractivity contribution is 6.22. The van der Waals surface area contributed by atoms with Gasteiger partial charge in [0, 0.05) is 22.2 Å². The largest absolute Gasteiger partial charge is 0.324 e. The summed E-state index contributed by atoms with van der Waals surface area (Å²) in [4.78, 5) is 34.5. The Kier molecular flexibility index (Phi) is 1.89. The summed E-state index contributed by atoms with van der Waals surface area (Å²) >= 11 is 0. The maximum absolute atomic E-state index is 10.7. The number of urea groups is 1. The predicted octanol–water partition coefficient (Wildman–Crippen LogP) is 0.342.